The van der Waals surface area contributed by atoms with Crippen molar-refractivity contribution in [3.8, 4) is 0 Å². The van der Waals surface area contributed by atoms with Gasteiger partial charge in [-0.05, 0) is 31.2 Å². The standard InChI is InChI=1S/C16H18N2O5S2/c1-2-22-14(20)10-3-5-11(6-4-10)17-13(19)9-25-16(24)18-12-7-8-23-15(12)21/h3-6,12H,2,7-9H2,1H3,(H,17,19)(H,18,24)/t12-/m0/s1. The summed E-state index contributed by atoms with van der Waals surface area (Å²) in [4.78, 5) is 34.8. The Kier molecular flexibility index (Phi) is 7.20. The molecular formula is C16H18N2O5S2. The van der Waals surface area contributed by atoms with E-state index >= 15 is 0 Å². The van der Waals surface area contributed by atoms with Crippen molar-refractivity contribution in [2.75, 3.05) is 24.3 Å². The third kappa shape index (κ3) is 6.02. The Morgan fingerprint density at radius 1 is 1.36 bits per heavy atom. The molecule has 1 heterocycles. The second kappa shape index (κ2) is 9.38. The van der Waals surface area contributed by atoms with Gasteiger partial charge in [0.05, 0.1) is 24.5 Å². The van der Waals surface area contributed by atoms with Gasteiger partial charge in [-0.3, -0.25) is 4.79 Å². The van der Waals surface area contributed by atoms with Gasteiger partial charge in [0.25, 0.3) is 0 Å². The molecular weight excluding hydrogens is 364 g/mol. The quantitative estimate of drug-likeness (QED) is 0.567. The SMILES string of the molecule is CCOC(=O)c1ccc(NC(=O)CSC(=S)N[C@H]2CCOC2=O)cc1. The number of carbonyl (C=O) groups is 3. The fourth-order valence-electron chi connectivity index (χ4n) is 2.04. The lowest BCUT2D eigenvalue weighted by Gasteiger charge is -2.11. The fourth-order valence-corrected chi connectivity index (χ4v) is 2.92. The van der Waals surface area contributed by atoms with Crippen LogP contribution in [0.25, 0.3) is 0 Å². The lowest BCUT2D eigenvalue weighted by atomic mass is 10.2. The van der Waals surface area contributed by atoms with Gasteiger partial charge >= 0.3 is 11.9 Å². The summed E-state index contributed by atoms with van der Waals surface area (Å²) in [6.07, 6.45) is 0.568. The number of thiocarbonyl (C=S) groups is 1. The maximum absolute atomic E-state index is 11.9. The Labute approximate surface area is 154 Å². The maximum atomic E-state index is 11.9. The summed E-state index contributed by atoms with van der Waals surface area (Å²) in [6, 6.07) is 5.98. The smallest absolute Gasteiger partial charge is 0.338 e. The molecule has 0 saturated carbocycles. The Morgan fingerprint density at radius 3 is 2.68 bits per heavy atom. The molecule has 9 heteroatoms. The molecule has 1 saturated heterocycles. The number of cyclic esters (lactones) is 1. The highest BCUT2D eigenvalue weighted by Gasteiger charge is 2.27. The zero-order chi connectivity index (χ0) is 18.2. The van der Waals surface area contributed by atoms with E-state index in [4.69, 9.17) is 21.7 Å². The van der Waals surface area contributed by atoms with Gasteiger partial charge < -0.3 is 20.1 Å². The normalized spacial score (nSPS) is 16.0. The highest BCUT2D eigenvalue weighted by molar-refractivity contribution is 8.23. The summed E-state index contributed by atoms with van der Waals surface area (Å²) >= 11 is 6.24. The van der Waals surface area contributed by atoms with Crippen LogP contribution in [0.15, 0.2) is 24.3 Å². The van der Waals surface area contributed by atoms with Crippen molar-refractivity contribution in [1.29, 1.82) is 0 Å². The van der Waals surface area contributed by atoms with Crippen LogP contribution in [-0.2, 0) is 19.1 Å². The van der Waals surface area contributed by atoms with Gasteiger partial charge in [0, 0.05) is 12.1 Å². The highest BCUT2D eigenvalue weighted by Crippen LogP contribution is 2.13. The number of anilines is 1. The predicted molar refractivity (Wildman–Crippen MR) is 98.6 cm³/mol. The van der Waals surface area contributed by atoms with Crippen LogP contribution in [0, 0.1) is 0 Å². The molecule has 134 valence electrons. The van der Waals surface area contributed by atoms with Gasteiger partial charge in [0.2, 0.25) is 5.91 Å². The molecule has 1 amide bonds. The number of ether oxygens (including phenoxy) is 2. The molecule has 1 aliphatic heterocycles. The van der Waals surface area contributed by atoms with Crippen LogP contribution in [0.3, 0.4) is 0 Å². The van der Waals surface area contributed by atoms with E-state index in [1.54, 1.807) is 31.2 Å². The summed E-state index contributed by atoms with van der Waals surface area (Å²) in [5, 5.41) is 5.58. The zero-order valence-electron chi connectivity index (χ0n) is 13.6. The van der Waals surface area contributed by atoms with Crippen LogP contribution in [0.4, 0.5) is 5.69 Å². The molecule has 2 rings (SSSR count). The van der Waals surface area contributed by atoms with Crippen molar-refractivity contribution >= 4 is 51.8 Å². The molecule has 0 unspecified atom stereocenters. The van der Waals surface area contributed by atoms with Crippen LogP contribution < -0.4 is 10.6 Å². The maximum Gasteiger partial charge on any atom is 0.338 e. The van der Waals surface area contributed by atoms with Gasteiger partial charge in [-0.15, -0.1) is 0 Å². The molecule has 1 aromatic carbocycles. The lowest BCUT2D eigenvalue weighted by Crippen LogP contribution is -2.36. The van der Waals surface area contributed by atoms with Crippen LogP contribution in [0.2, 0.25) is 0 Å². The monoisotopic (exact) mass is 382 g/mol. The molecule has 0 radical (unpaired) electrons. The third-order valence-corrected chi connectivity index (χ3v) is 4.50. The predicted octanol–water partition coefficient (Wildman–Crippen LogP) is 1.72. The van der Waals surface area contributed by atoms with Crippen molar-refractivity contribution in [3.05, 3.63) is 29.8 Å². The van der Waals surface area contributed by atoms with E-state index in [2.05, 4.69) is 10.6 Å². The molecule has 0 aliphatic carbocycles. The molecule has 1 atom stereocenters. The van der Waals surface area contributed by atoms with Gasteiger partial charge in [-0.25, -0.2) is 9.59 Å². The van der Waals surface area contributed by atoms with E-state index in [9.17, 15) is 14.4 Å². The molecule has 1 fully saturated rings. The molecule has 0 bridgehead atoms. The van der Waals surface area contributed by atoms with Crippen LogP contribution in [0.5, 0.6) is 0 Å². The molecule has 0 spiro atoms. The first kappa shape index (κ1) is 19.2. The van der Waals surface area contributed by atoms with E-state index in [0.29, 0.717) is 35.2 Å². The number of hydrogen-bond acceptors (Lipinski definition) is 7. The van der Waals surface area contributed by atoms with Crippen molar-refractivity contribution in [2.24, 2.45) is 0 Å². The average Bonchev–Trinajstić information content (AvgIpc) is 2.99. The van der Waals surface area contributed by atoms with E-state index in [-0.39, 0.29) is 17.6 Å². The number of esters is 2. The third-order valence-electron chi connectivity index (χ3n) is 3.24. The van der Waals surface area contributed by atoms with Gasteiger partial charge in [-0.1, -0.05) is 24.0 Å². The van der Waals surface area contributed by atoms with E-state index in [0.717, 1.165) is 11.8 Å². The fraction of sp³-hybridized carbons (Fsp3) is 0.375. The summed E-state index contributed by atoms with van der Waals surface area (Å²) in [5.41, 5.74) is 0.986. The number of hydrogen-bond donors (Lipinski definition) is 2. The van der Waals surface area contributed by atoms with E-state index in [1.807, 2.05) is 0 Å². The van der Waals surface area contributed by atoms with Gasteiger partial charge in [0.1, 0.15) is 10.4 Å². The average molecular weight is 382 g/mol. The Bertz CT molecular complexity index is 663. The largest absolute Gasteiger partial charge is 0.464 e. The molecule has 1 aromatic rings. The number of amides is 1. The number of rotatable bonds is 6. The summed E-state index contributed by atoms with van der Waals surface area (Å²) in [5.74, 6) is -0.869. The van der Waals surface area contributed by atoms with Crippen molar-refractivity contribution < 1.29 is 23.9 Å². The second-order valence-corrected chi connectivity index (χ2v) is 6.73. The Morgan fingerprint density at radius 2 is 2.08 bits per heavy atom. The van der Waals surface area contributed by atoms with Crippen LogP contribution in [-0.4, -0.2) is 47.2 Å². The van der Waals surface area contributed by atoms with E-state index in [1.165, 1.54) is 0 Å². The number of thioether (sulfide) groups is 1. The molecule has 7 nitrogen and oxygen atoms in total. The Hall–Kier alpha value is -2.13. The lowest BCUT2D eigenvalue weighted by molar-refractivity contribution is -0.139. The first-order chi connectivity index (χ1) is 12.0. The van der Waals surface area contributed by atoms with Crippen molar-refractivity contribution in [1.82, 2.24) is 5.32 Å². The van der Waals surface area contributed by atoms with Crippen molar-refractivity contribution in [2.45, 2.75) is 19.4 Å². The molecule has 2 N–H and O–H groups in total. The minimum absolute atomic E-state index is 0.104. The van der Waals surface area contributed by atoms with Crippen LogP contribution >= 0.6 is 24.0 Å². The van der Waals surface area contributed by atoms with Crippen LogP contribution in [0.1, 0.15) is 23.7 Å². The number of nitrogens with one attached hydrogen (secondary N) is 2. The number of benzene rings is 1. The van der Waals surface area contributed by atoms with E-state index < -0.39 is 12.0 Å². The minimum atomic E-state index is -0.432. The number of carbonyl (C=O) groups excluding carboxylic acids is 3. The van der Waals surface area contributed by atoms with Crippen molar-refractivity contribution in [3.63, 3.8) is 0 Å². The summed E-state index contributed by atoms with van der Waals surface area (Å²) in [6.45, 7) is 2.42. The highest BCUT2D eigenvalue weighted by atomic mass is 32.2. The van der Waals surface area contributed by atoms with Gasteiger partial charge in [0.15, 0.2) is 0 Å². The Balaban J connectivity index is 1.75. The first-order valence-corrected chi connectivity index (χ1v) is 9.06. The molecule has 25 heavy (non-hydrogen) atoms. The second-order valence-electron chi connectivity index (χ2n) is 5.08. The topological polar surface area (TPSA) is 93.7 Å². The first-order valence-electron chi connectivity index (χ1n) is 7.66. The summed E-state index contributed by atoms with van der Waals surface area (Å²) in [7, 11) is 0. The molecule has 1 aliphatic rings. The summed E-state index contributed by atoms with van der Waals surface area (Å²) < 4.78 is 10.1. The van der Waals surface area contributed by atoms with Gasteiger partial charge in [-0.2, -0.15) is 0 Å². The molecule has 0 aromatic heterocycles. The zero-order valence-corrected chi connectivity index (χ0v) is 15.2. The minimum Gasteiger partial charge on any atom is -0.464 e.